The maximum atomic E-state index is 5.85. The highest BCUT2D eigenvalue weighted by molar-refractivity contribution is 6.18. The van der Waals surface area contributed by atoms with E-state index in [0.717, 1.165) is 26.1 Å². The fourth-order valence-electron chi connectivity index (χ4n) is 2.31. The van der Waals surface area contributed by atoms with Crippen LogP contribution in [0.1, 0.15) is 24.5 Å². The highest BCUT2D eigenvalue weighted by atomic mass is 35.5. The number of anilines is 1. The molecule has 0 unspecified atom stereocenters. The third kappa shape index (κ3) is 5.42. The number of benzene rings is 1. The Kier molecular flexibility index (Phi) is 7.25. The average molecular weight is 283 g/mol. The Labute approximate surface area is 123 Å². The summed E-state index contributed by atoms with van der Waals surface area (Å²) in [5.41, 5.74) is 4.15. The molecule has 0 spiro atoms. The molecular weight excluding hydrogens is 256 g/mol. The number of alkyl halides is 1. The highest BCUT2D eigenvalue weighted by Crippen LogP contribution is 2.20. The molecule has 0 aliphatic carbocycles. The molecule has 0 heterocycles. The third-order valence-corrected chi connectivity index (χ3v) is 3.65. The van der Waals surface area contributed by atoms with E-state index >= 15 is 0 Å². The Bertz CT molecular complexity index is 377. The van der Waals surface area contributed by atoms with Crippen molar-refractivity contribution in [3.05, 3.63) is 29.3 Å². The van der Waals surface area contributed by atoms with Gasteiger partial charge in [-0.1, -0.05) is 6.07 Å². The summed E-state index contributed by atoms with van der Waals surface area (Å²) in [5.74, 6) is 0.678. The molecule has 0 saturated carbocycles. The second kappa shape index (κ2) is 8.44. The van der Waals surface area contributed by atoms with Crippen molar-refractivity contribution in [2.24, 2.45) is 0 Å². The van der Waals surface area contributed by atoms with E-state index in [1.807, 2.05) is 0 Å². The summed E-state index contributed by atoms with van der Waals surface area (Å²) in [4.78, 5) is 4.56. The molecule has 0 bridgehead atoms. The number of halogens is 1. The molecule has 0 atom stereocenters. The summed E-state index contributed by atoms with van der Waals surface area (Å²) >= 11 is 5.85. The van der Waals surface area contributed by atoms with Crippen LogP contribution in [0, 0.1) is 6.92 Å². The minimum atomic E-state index is 0.678. The predicted molar refractivity (Wildman–Crippen MR) is 86.7 cm³/mol. The minimum Gasteiger partial charge on any atom is -0.371 e. The van der Waals surface area contributed by atoms with Crippen LogP contribution < -0.4 is 4.90 Å². The zero-order chi connectivity index (χ0) is 14.3. The number of rotatable bonds is 8. The van der Waals surface area contributed by atoms with Gasteiger partial charge in [-0.05, 0) is 70.6 Å². The van der Waals surface area contributed by atoms with Crippen LogP contribution in [0.15, 0.2) is 18.2 Å². The van der Waals surface area contributed by atoms with E-state index in [2.05, 4.69) is 55.9 Å². The van der Waals surface area contributed by atoms with Gasteiger partial charge in [-0.25, -0.2) is 0 Å². The molecule has 0 saturated heterocycles. The number of aryl methyl sites for hydroxylation is 2. The van der Waals surface area contributed by atoms with Crippen LogP contribution in [-0.4, -0.2) is 44.5 Å². The van der Waals surface area contributed by atoms with Crippen molar-refractivity contribution in [2.45, 2.75) is 26.7 Å². The van der Waals surface area contributed by atoms with Crippen molar-refractivity contribution in [3.63, 3.8) is 0 Å². The fraction of sp³-hybridized carbons (Fsp3) is 0.625. The van der Waals surface area contributed by atoms with Gasteiger partial charge < -0.3 is 9.80 Å². The number of hydrogen-bond acceptors (Lipinski definition) is 2. The van der Waals surface area contributed by atoms with Gasteiger partial charge in [0.1, 0.15) is 0 Å². The van der Waals surface area contributed by atoms with E-state index in [0.29, 0.717) is 5.88 Å². The van der Waals surface area contributed by atoms with Gasteiger partial charge in [0.2, 0.25) is 0 Å². The second-order valence-corrected chi connectivity index (χ2v) is 5.66. The zero-order valence-corrected chi connectivity index (χ0v) is 13.5. The standard InChI is InChI=1S/C16H27ClN2/c1-5-19(12-10-17)16-9-8-15(14(2)13-16)7-6-11-18(3)4/h8-9,13H,5-7,10-12H2,1-4H3. The van der Waals surface area contributed by atoms with E-state index in [1.54, 1.807) is 0 Å². The third-order valence-electron chi connectivity index (χ3n) is 3.48. The quantitative estimate of drug-likeness (QED) is 0.673. The molecule has 1 aromatic carbocycles. The molecule has 0 aliphatic heterocycles. The van der Waals surface area contributed by atoms with Gasteiger partial charge in [0, 0.05) is 24.7 Å². The molecule has 2 nitrogen and oxygen atoms in total. The largest absolute Gasteiger partial charge is 0.371 e. The molecule has 19 heavy (non-hydrogen) atoms. The lowest BCUT2D eigenvalue weighted by atomic mass is 10.0. The van der Waals surface area contributed by atoms with Crippen LogP contribution in [0.5, 0.6) is 0 Å². The normalized spacial score (nSPS) is 11.1. The van der Waals surface area contributed by atoms with Gasteiger partial charge in [0.15, 0.2) is 0 Å². The van der Waals surface area contributed by atoms with Gasteiger partial charge >= 0.3 is 0 Å². The van der Waals surface area contributed by atoms with E-state index in [9.17, 15) is 0 Å². The van der Waals surface area contributed by atoms with E-state index in [1.165, 1.54) is 23.2 Å². The summed E-state index contributed by atoms with van der Waals surface area (Å²) in [7, 11) is 4.25. The molecule has 0 aromatic heterocycles. The van der Waals surface area contributed by atoms with Crippen molar-refractivity contribution < 1.29 is 0 Å². The van der Waals surface area contributed by atoms with Crippen molar-refractivity contribution >= 4 is 17.3 Å². The molecule has 0 N–H and O–H groups in total. The summed E-state index contributed by atoms with van der Waals surface area (Å²) in [5, 5.41) is 0. The maximum Gasteiger partial charge on any atom is 0.0399 e. The molecule has 1 aromatic rings. The Balaban J connectivity index is 2.68. The number of hydrogen-bond donors (Lipinski definition) is 0. The van der Waals surface area contributed by atoms with E-state index < -0.39 is 0 Å². The Hall–Kier alpha value is -0.730. The van der Waals surface area contributed by atoms with Gasteiger partial charge in [0.05, 0.1) is 0 Å². The maximum absolute atomic E-state index is 5.85. The van der Waals surface area contributed by atoms with Crippen LogP contribution in [0.2, 0.25) is 0 Å². The first-order chi connectivity index (χ1) is 9.08. The first kappa shape index (κ1) is 16.3. The first-order valence-electron chi connectivity index (χ1n) is 7.13. The lowest BCUT2D eigenvalue weighted by Gasteiger charge is -2.23. The Morgan fingerprint density at radius 1 is 1.16 bits per heavy atom. The molecule has 0 amide bonds. The van der Waals surface area contributed by atoms with Crippen molar-refractivity contribution in [1.29, 1.82) is 0 Å². The van der Waals surface area contributed by atoms with Crippen molar-refractivity contribution in [3.8, 4) is 0 Å². The van der Waals surface area contributed by atoms with Crippen LogP contribution in [0.25, 0.3) is 0 Å². The SMILES string of the molecule is CCN(CCCl)c1ccc(CCCN(C)C)c(C)c1. The molecule has 108 valence electrons. The van der Waals surface area contributed by atoms with E-state index in [4.69, 9.17) is 11.6 Å². The topological polar surface area (TPSA) is 6.48 Å². The lowest BCUT2D eigenvalue weighted by molar-refractivity contribution is 0.400. The van der Waals surface area contributed by atoms with Crippen LogP contribution in [0.3, 0.4) is 0 Å². The van der Waals surface area contributed by atoms with Crippen LogP contribution in [0.4, 0.5) is 5.69 Å². The van der Waals surface area contributed by atoms with Gasteiger partial charge in [-0.2, -0.15) is 0 Å². The fourth-order valence-corrected chi connectivity index (χ4v) is 2.52. The minimum absolute atomic E-state index is 0.678. The van der Waals surface area contributed by atoms with Gasteiger partial charge in [0.25, 0.3) is 0 Å². The summed E-state index contributed by atoms with van der Waals surface area (Å²) in [6, 6.07) is 6.80. The lowest BCUT2D eigenvalue weighted by Crippen LogP contribution is -2.24. The molecule has 0 radical (unpaired) electrons. The molecule has 3 heteroatoms. The summed E-state index contributed by atoms with van der Waals surface area (Å²) in [6.07, 6.45) is 2.37. The van der Waals surface area contributed by atoms with E-state index in [-0.39, 0.29) is 0 Å². The van der Waals surface area contributed by atoms with Crippen LogP contribution >= 0.6 is 11.6 Å². The average Bonchev–Trinajstić information content (AvgIpc) is 2.37. The first-order valence-corrected chi connectivity index (χ1v) is 7.67. The van der Waals surface area contributed by atoms with Crippen molar-refractivity contribution in [2.75, 3.05) is 44.5 Å². The summed E-state index contributed by atoms with van der Waals surface area (Å²) in [6.45, 7) is 7.45. The Morgan fingerprint density at radius 3 is 2.42 bits per heavy atom. The van der Waals surface area contributed by atoms with Gasteiger partial charge in [-0.3, -0.25) is 0 Å². The molecule has 1 rings (SSSR count). The Morgan fingerprint density at radius 2 is 1.89 bits per heavy atom. The zero-order valence-electron chi connectivity index (χ0n) is 12.7. The highest BCUT2D eigenvalue weighted by Gasteiger charge is 2.06. The second-order valence-electron chi connectivity index (χ2n) is 5.29. The van der Waals surface area contributed by atoms with Crippen LogP contribution in [-0.2, 0) is 6.42 Å². The smallest absolute Gasteiger partial charge is 0.0399 e. The molecule has 0 aliphatic rings. The predicted octanol–water partition coefficient (Wildman–Crippen LogP) is 3.55. The van der Waals surface area contributed by atoms with Crippen molar-refractivity contribution in [1.82, 2.24) is 4.90 Å². The monoisotopic (exact) mass is 282 g/mol. The summed E-state index contributed by atoms with van der Waals surface area (Å²) < 4.78 is 0. The van der Waals surface area contributed by atoms with Gasteiger partial charge in [-0.15, -0.1) is 11.6 Å². The molecular formula is C16H27ClN2. The number of nitrogens with zero attached hydrogens (tertiary/aromatic N) is 2. The molecule has 0 fully saturated rings.